The first-order chi connectivity index (χ1) is 7.20. The fraction of sp³-hybridized carbons (Fsp3) is 0.636. The minimum Gasteiger partial charge on any atom is -0.461 e. The normalized spacial score (nSPS) is 22.7. The lowest BCUT2D eigenvalue weighted by atomic mass is 9.91. The van der Waals surface area contributed by atoms with E-state index in [1.807, 2.05) is 0 Å². The Bertz CT molecular complexity index is 306. The maximum Gasteiger partial charge on any atom is 0.354 e. The molecule has 1 aliphatic carbocycles. The zero-order chi connectivity index (χ0) is 11.3. The molecule has 0 radical (unpaired) electrons. The Balaban J connectivity index is 2.89. The number of esters is 1. The van der Waals surface area contributed by atoms with Gasteiger partial charge in [-0.3, -0.25) is 4.99 Å². The second kappa shape index (κ2) is 5.53. The number of carbonyl (C=O) groups excluding carboxylic acids is 1. The summed E-state index contributed by atoms with van der Waals surface area (Å²) in [5.41, 5.74) is 7.83. The molecule has 0 bridgehead atoms. The number of hydrogen-bond acceptors (Lipinski definition) is 4. The lowest BCUT2D eigenvalue weighted by Crippen LogP contribution is -2.22. The van der Waals surface area contributed by atoms with Crippen molar-refractivity contribution in [3.05, 3.63) is 11.3 Å². The molecule has 0 heterocycles. The van der Waals surface area contributed by atoms with E-state index in [0.717, 1.165) is 37.0 Å². The van der Waals surface area contributed by atoms with Gasteiger partial charge in [-0.15, -0.1) is 0 Å². The maximum absolute atomic E-state index is 11.4. The van der Waals surface area contributed by atoms with Crippen molar-refractivity contribution in [3.8, 4) is 0 Å². The average molecular weight is 210 g/mol. The average Bonchev–Trinajstić information content (AvgIpc) is 2.28. The van der Waals surface area contributed by atoms with Crippen LogP contribution in [0.1, 0.15) is 32.6 Å². The van der Waals surface area contributed by atoms with Crippen molar-refractivity contribution in [2.45, 2.75) is 32.6 Å². The third-order valence-electron chi connectivity index (χ3n) is 2.53. The Morgan fingerprint density at radius 1 is 1.47 bits per heavy atom. The number of allylic oxidation sites excluding steroid dienone is 1. The van der Waals surface area contributed by atoms with Crippen molar-refractivity contribution in [2.75, 3.05) is 13.7 Å². The van der Waals surface area contributed by atoms with E-state index >= 15 is 0 Å². The van der Waals surface area contributed by atoms with Crippen LogP contribution in [0.2, 0.25) is 0 Å². The summed E-state index contributed by atoms with van der Waals surface area (Å²) in [5.74, 6) is -0.421. The van der Waals surface area contributed by atoms with Crippen LogP contribution in [-0.2, 0) is 9.53 Å². The van der Waals surface area contributed by atoms with Crippen LogP contribution in [0.3, 0.4) is 0 Å². The van der Waals surface area contributed by atoms with Gasteiger partial charge in [0.2, 0.25) is 0 Å². The molecule has 1 saturated carbocycles. The fourth-order valence-electron chi connectivity index (χ4n) is 1.76. The zero-order valence-corrected chi connectivity index (χ0v) is 9.38. The molecule has 0 unspecified atom stereocenters. The quantitative estimate of drug-likeness (QED) is 0.553. The van der Waals surface area contributed by atoms with Crippen LogP contribution in [0.25, 0.3) is 0 Å². The number of nitrogens with zero attached hydrogens (tertiary/aromatic N) is 1. The summed E-state index contributed by atoms with van der Waals surface area (Å²) in [5, 5.41) is 0. The van der Waals surface area contributed by atoms with Crippen LogP contribution in [0.4, 0.5) is 0 Å². The van der Waals surface area contributed by atoms with Crippen molar-refractivity contribution in [1.82, 2.24) is 0 Å². The zero-order valence-electron chi connectivity index (χ0n) is 9.38. The summed E-state index contributed by atoms with van der Waals surface area (Å²) in [4.78, 5) is 15.6. The SMILES string of the molecule is CCOC(=O)/C(N)=C1\CCCCC1=NC. The molecule has 0 atom stereocenters. The minimum absolute atomic E-state index is 0.233. The predicted octanol–water partition coefficient (Wildman–Crippen LogP) is 1.41. The Morgan fingerprint density at radius 2 is 2.13 bits per heavy atom. The summed E-state index contributed by atoms with van der Waals surface area (Å²) in [6, 6.07) is 0. The molecule has 0 aliphatic heterocycles. The molecule has 4 heteroatoms. The van der Waals surface area contributed by atoms with Gasteiger partial charge >= 0.3 is 5.97 Å². The lowest BCUT2D eigenvalue weighted by molar-refractivity contribution is -0.138. The summed E-state index contributed by atoms with van der Waals surface area (Å²) in [6.07, 6.45) is 3.92. The van der Waals surface area contributed by atoms with Crippen LogP contribution in [0.15, 0.2) is 16.3 Å². The van der Waals surface area contributed by atoms with E-state index in [4.69, 9.17) is 10.5 Å². The number of nitrogens with two attached hydrogens (primary N) is 1. The van der Waals surface area contributed by atoms with Crippen LogP contribution in [-0.4, -0.2) is 25.3 Å². The first-order valence-corrected chi connectivity index (χ1v) is 5.32. The Labute approximate surface area is 90.2 Å². The van der Waals surface area contributed by atoms with E-state index in [2.05, 4.69) is 4.99 Å². The van der Waals surface area contributed by atoms with Gasteiger partial charge in [0.25, 0.3) is 0 Å². The lowest BCUT2D eigenvalue weighted by Gasteiger charge is -2.18. The van der Waals surface area contributed by atoms with Gasteiger partial charge in [0.1, 0.15) is 5.70 Å². The third-order valence-corrected chi connectivity index (χ3v) is 2.53. The first kappa shape index (κ1) is 11.8. The Hall–Kier alpha value is -1.32. The summed E-state index contributed by atoms with van der Waals surface area (Å²) < 4.78 is 4.87. The third kappa shape index (κ3) is 2.81. The molecule has 1 aliphatic rings. The smallest absolute Gasteiger partial charge is 0.354 e. The molecule has 2 N–H and O–H groups in total. The summed E-state index contributed by atoms with van der Waals surface area (Å²) in [7, 11) is 1.74. The predicted molar refractivity (Wildman–Crippen MR) is 59.7 cm³/mol. The molecule has 0 aromatic heterocycles. The van der Waals surface area contributed by atoms with Crippen LogP contribution in [0.5, 0.6) is 0 Å². The molecule has 4 nitrogen and oxygen atoms in total. The van der Waals surface area contributed by atoms with Gasteiger partial charge < -0.3 is 10.5 Å². The van der Waals surface area contributed by atoms with E-state index in [1.54, 1.807) is 14.0 Å². The van der Waals surface area contributed by atoms with Crippen molar-refractivity contribution in [3.63, 3.8) is 0 Å². The Morgan fingerprint density at radius 3 is 2.73 bits per heavy atom. The van der Waals surface area contributed by atoms with Gasteiger partial charge in [-0.1, -0.05) is 0 Å². The van der Waals surface area contributed by atoms with E-state index in [-0.39, 0.29) is 5.70 Å². The standard InChI is InChI=1S/C11H18N2O2/c1-3-15-11(14)10(12)8-6-4-5-7-9(8)13-2/h3-7,12H2,1-2H3/b10-8-,13-9?. The monoisotopic (exact) mass is 210 g/mol. The second-order valence-electron chi connectivity index (χ2n) is 3.49. The van der Waals surface area contributed by atoms with Gasteiger partial charge in [0, 0.05) is 18.3 Å². The maximum atomic E-state index is 11.4. The number of aliphatic imine (C=N–C) groups is 1. The fourth-order valence-corrected chi connectivity index (χ4v) is 1.76. The molecule has 1 fully saturated rings. The second-order valence-corrected chi connectivity index (χ2v) is 3.49. The highest BCUT2D eigenvalue weighted by atomic mass is 16.5. The number of carbonyl (C=O) groups is 1. The van der Waals surface area contributed by atoms with Gasteiger partial charge in [0.05, 0.1) is 6.61 Å². The molecule has 1 rings (SSSR count). The van der Waals surface area contributed by atoms with Gasteiger partial charge in [-0.25, -0.2) is 4.79 Å². The number of ether oxygens (including phenoxy) is 1. The van der Waals surface area contributed by atoms with E-state index in [1.165, 1.54) is 0 Å². The molecule has 0 saturated heterocycles. The summed E-state index contributed by atoms with van der Waals surface area (Å²) >= 11 is 0. The highest BCUT2D eigenvalue weighted by molar-refractivity contribution is 6.06. The number of rotatable bonds is 2. The molecule has 0 spiro atoms. The summed E-state index contributed by atoms with van der Waals surface area (Å²) in [6.45, 7) is 2.12. The van der Waals surface area contributed by atoms with Gasteiger partial charge in [-0.2, -0.15) is 0 Å². The molecule has 0 amide bonds. The van der Waals surface area contributed by atoms with E-state index in [0.29, 0.717) is 6.61 Å². The minimum atomic E-state index is -0.421. The number of hydrogen-bond donors (Lipinski definition) is 1. The molecule has 84 valence electrons. The van der Waals surface area contributed by atoms with Crippen LogP contribution < -0.4 is 5.73 Å². The topological polar surface area (TPSA) is 64.7 Å². The van der Waals surface area contributed by atoms with Crippen molar-refractivity contribution >= 4 is 11.7 Å². The van der Waals surface area contributed by atoms with E-state index in [9.17, 15) is 4.79 Å². The molecule has 0 aromatic carbocycles. The highest BCUT2D eigenvalue weighted by Crippen LogP contribution is 2.22. The first-order valence-electron chi connectivity index (χ1n) is 5.32. The van der Waals surface area contributed by atoms with Gasteiger partial charge in [0.15, 0.2) is 0 Å². The van der Waals surface area contributed by atoms with Gasteiger partial charge in [-0.05, 0) is 32.6 Å². The highest BCUT2D eigenvalue weighted by Gasteiger charge is 2.20. The van der Waals surface area contributed by atoms with E-state index < -0.39 is 5.97 Å². The van der Waals surface area contributed by atoms with Crippen LogP contribution >= 0.6 is 0 Å². The molecule has 15 heavy (non-hydrogen) atoms. The molecule has 0 aromatic rings. The van der Waals surface area contributed by atoms with Crippen molar-refractivity contribution in [2.24, 2.45) is 10.7 Å². The van der Waals surface area contributed by atoms with Crippen molar-refractivity contribution < 1.29 is 9.53 Å². The van der Waals surface area contributed by atoms with Crippen molar-refractivity contribution in [1.29, 1.82) is 0 Å². The largest absolute Gasteiger partial charge is 0.461 e. The molecular weight excluding hydrogens is 192 g/mol. The molecular formula is C11H18N2O2. The Kier molecular flexibility index (Phi) is 4.34. The van der Waals surface area contributed by atoms with Crippen LogP contribution in [0, 0.1) is 0 Å².